The molecule has 0 radical (unpaired) electrons. The summed E-state index contributed by atoms with van der Waals surface area (Å²) in [5.41, 5.74) is 2.51. The summed E-state index contributed by atoms with van der Waals surface area (Å²) in [6.07, 6.45) is 4.20. The van der Waals surface area contributed by atoms with E-state index in [1.807, 2.05) is 36.0 Å². The van der Waals surface area contributed by atoms with Crippen LogP contribution in [-0.4, -0.2) is 23.0 Å². The van der Waals surface area contributed by atoms with E-state index in [9.17, 15) is 5.26 Å². The summed E-state index contributed by atoms with van der Waals surface area (Å²) >= 11 is 2.04. The van der Waals surface area contributed by atoms with Gasteiger partial charge in [-0.05, 0) is 36.3 Å². The van der Waals surface area contributed by atoms with Gasteiger partial charge in [-0.25, -0.2) is 0 Å². The zero-order chi connectivity index (χ0) is 13.8. The molecule has 1 aromatic carbocycles. The number of pyridine rings is 1. The molecule has 20 heavy (non-hydrogen) atoms. The molecule has 4 heteroatoms. The summed E-state index contributed by atoms with van der Waals surface area (Å²) in [6, 6.07) is 10.2. The van der Waals surface area contributed by atoms with Crippen LogP contribution >= 0.6 is 11.8 Å². The van der Waals surface area contributed by atoms with E-state index in [1.54, 1.807) is 6.20 Å². The number of rotatable bonds is 3. The first kappa shape index (κ1) is 13.3. The van der Waals surface area contributed by atoms with Crippen molar-refractivity contribution in [2.24, 2.45) is 5.92 Å². The summed E-state index contributed by atoms with van der Waals surface area (Å²) < 4.78 is 0. The predicted molar refractivity (Wildman–Crippen MR) is 85.0 cm³/mol. The molecular formula is C16H17N3S. The van der Waals surface area contributed by atoms with Crippen LogP contribution in [0, 0.1) is 17.2 Å². The van der Waals surface area contributed by atoms with Gasteiger partial charge < -0.3 is 5.32 Å². The molecular weight excluding hydrogens is 266 g/mol. The Morgan fingerprint density at radius 2 is 2.10 bits per heavy atom. The fourth-order valence-electron chi connectivity index (χ4n) is 2.61. The van der Waals surface area contributed by atoms with E-state index in [2.05, 4.69) is 16.4 Å². The number of fused-ring (bicyclic) bond motifs is 1. The number of thioether (sulfide) groups is 1. The van der Waals surface area contributed by atoms with E-state index >= 15 is 0 Å². The normalized spacial score (nSPS) is 15.9. The topological polar surface area (TPSA) is 48.7 Å². The fraction of sp³-hybridized carbons (Fsp3) is 0.375. The molecule has 3 rings (SSSR count). The molecule has 1 fully saturated rings. The third-order valence-electron chi connectivity index (χ3n) is 3.80. The Labute approximate surface area is 123 Å². The van der Waals surface area contributed by atoms with E-state index < -0.39 is 0 Å². The van der Waals surface area contributed by atoms with Crippen LogP contribution in [0.15, 0.2) is 30.5 Å². The average Bonchev–Trinajstić information content (AvgIpc) is 2.53. The molecule has 0 atom stereocenters. The number of hydrogen-bond acceptors (Lipinski definition) is 4. The van der Waals surface area contributed by atoms with Crippen molar-refractivity contribution in [3.8, 4) is 6.07 Å². The summed E-state index contributed by atoms with van der Waals surface area (Å²) in [7, 11) is 0. The van der Waals surface area contributed by atoms with E-state index in [0.29, 0.717) is 5.56 Å². The minimum Gasteiger partial charge on any atom is -0.383 e. The highest BCUT2D eigenvalue weighted by Gasteiger charge is 2.15. The van der Waals surface area contributed by atoms with Crippen molar-refractivity contribution in [2.45, 2.75) is 12.8 Å². The second-order valence-electron chi connectivity index (χ2n) is 5.11. The molecule has 2 aromatic rings. The van der Waals surface area contributed by atoms with E-state index in [-0.39, 0.29) is 0 Å². The number of anilines is 1. The van der Waals surface area contributed by atoms with Gasteiger partial charge in [0.1, 0.15) is 6.07 Å². The van der Waals surface area contributed by atoms with Crippen LogP contribution < -0.4 is 5.32 Å². The average molecular weight is 283 g/mol. The Bertz CT molecular complexity index is 642. The minimum absolute atomic E-state index is 0.633. The first-order valence-electron chi connectivity index (χ1n) is 6.98. The second kappa shape index (κ2) is 6.15. The van der Waals surface area contributed by atoms with Gasteiger partial charge in [0.2, 0.25) is 0 Å². The van der Waals surface area contributed by atoms with Crippen molar-refractivity contribution in [2.75, 3.05) is 23.4 Å². The van der Waals surface area contributed by atoms with Gasteiger partial charge in [0.15, 0.2) is 0 Å². The third-order valence-corrected chi connectivity index (χ3v) is 4.85. The van der Waals surface area contributed by atoms with E-state index in [0.717, 1.165) is 29.1 Å². The van der Waals surface area contributed by atoms with Gasteiger partial charge in [0.05, 0.1) is 16.8 Å². The molecule has 3 nitrogen and oxygen atoms in total. The smallest absolute Gasteiger partial charge is 0.103 e. The molecule has 102 valence electrons. The molecule has 0 amide bonds. The molecule has 1 N–H and O–H groups in total. The van der Waals surface area contributed by atoms with E-state index in [4.69, 9.17) is 0 Å². The van der Waals surface area contributed by atoms with Crippen LogP contribution in [0.3, 0.4) is 0 Å². The Hall–Kier alpha value is -1.73. The Balaban J connectivity index is 1.87. The van der Waals surface area contributed by atoms with Crippen molar-refractivity contribution in [3.63, 3.8) is 0 Å². The summed E-state index contributed by atoms with van der Waals surface area (Å²) in [6.45, 7) is 0.948. The quantitative estimate of drug-likeness (QED) is 0.934. The monoisotopic (exact) mass is 283 g/mol. The Kier molecular flexibility index (Phi) is 4.08. The Morgan fingerprint density at radius 3 is 2.90 bits per heavy atom. The molecule has 0 aliphatic carbocycles. The maximum Gasteiger partial charge on any atom is 0.103 e. The highest BCUT2D eigenvalue weighted by molar-refractivity contribution is 7.99. The lowest BCUT2D eigenvalue weighted by Crippen LogP contribution is -2.19. The van der Waals surface area contributed by atoms with Crippen LogP contribution in [0.4, 0.5) is 5.69 Å². The number of para-hydroxylation sites is 1. The van der Waals surface area contributed by atoms with Crippen LogP contribution in [0.1, 0.15) is 18.4 Å². The maximum absolute atomic E-state index is 9.28. The Morgan fingerprint density at radius 1 is 1.30 bits per heavy atom. The van der Waals surface area contributed by atoms with Crippen LogP contribution in [-0.2, 0) is 0 Å². The SMILES string of the molecule is N#Cc1cnc2ccccc2c1NCC1CCSCC1. The fourth-order valence-corrected chi connectivity index (χ4v) is 3.82. The molecule has 1 aliphatic rings. The standard InChI is InChI=1S/C16H17N3S/c17-9-13-11-18-15-4-2-1-3-14(15)16(13)19-10-12-5-7-20-8-6-12/h1-4,11-12H,5-8,10H2,(H,18,19). The highest BCUT2D eigenvalue weighted by atomic mass is 32.2. The molecule has 0 unspecified atom stereocenters. The van der Waals surface area contributed by atoms with Crippen molar-refractivity contribution < 1.29 is 0 Å². The van der Waals surface area contributed by atoms with Crippen molar-refractivity contribution in [1.29, 1.82) is 5.26 Å². The number of nitriles is 1. The summed E-state index contributed by atoms with van der Waals surface area (Å²) in [5.74, 6) is 3.23. The van der Waals surface area contributed by atoms with Crippen molar-refractivity contribution >= 4 is 28.4 Å². The molecule has 1 aromatic heterocycles. The van der Waals surface area contributed by atoms with Crippen molar-refractivity contribution in [1.82, 2.24) is 4.98 Å². The molecule has 2 heterocycles. The molecule has 1 aliphatic heterocycles. The number of aromatic nitrogens is 1. The minimum atomic E-state index is 0.633. The molecule has 0 bridgehead atoms. The van der Waals surface area contributed by atoms with Gasteiger partial charge in [-0.1, -0.05) is 18.2 Å². The van der Waals surface area contributed by atoms with Crippen LogP contribution in [0.5, 0.6) is 0 Å². The number of nitrogens with one attached hydrogen (secondary N) is 1. The first-order chi connectivity index (χ1) is 9.88. The number of nitrogens with zero attached hydrogens (tertiary/aromatic N) is 2. The van der Waals surface area contributed by atoms with Gasteiger partial charge in [-0.3, -0.25) is 4.98 Å². The lowest BCUT2D eigenvalue weighted by molar-refractivity contribution is 0.516. The van der Waals surface area contributed by atoms with Crippen LogP contribution in [0.2, 0.25) is 0 Å². The van der Waals surface area contributed by atoms with Gasteiger partial charge in [-0.15, -0.1) is 0 Å². The van der Waals surface area contributed by atoms with Crippen molar-refractivity contribution in [3.05, 3.63) is 36.0 Å². The molecule has 0 spiro atoms. The lowest BCUT2D eigenvalue weighted by Gasteiger charge is -2.22. The second-order valence-corrected chi connectivity index (χ2v) is 6.34. The molecule has 0 saturated carbocycles. The first-order valence-corrected chi connectivity index (χ1v) is 8.13. The van der Waals surface area contributed by atoms with Gasteiger partial charge in [0, 0.05) is 18.1 Å². The number of benzene rings is 1. The zero-order valence-corrected chi connectivity index (χ0v) is 12.1. The summed E-state index contributed by atoms with van der Waals surface area (Å²) in [4.78, 5) is 4.34. The van der Waals surface area contributed by atoms with E-state index in [1.165, 1.54) is 24.3 Å². The largest absolute Gasteiger partial charge is 0.383 e. The highest BCUT2D eigenvalue weighted by Crippen LogP contribution is 2.27. The van der Waals surface area contributed by atoms with Gasteiger partial charge in [-0.2, -0.15) is 17.0 Å². The zero-order valence-electron chi connectivity index (χ0n) is 11.3. The summed E-state index contributed by atoms with van der Waals surface area (Å²) in [5, 5.41) is 13.8. The van der Waals surface area contributed by atoms with Gasteiger partial charge in [0.25, 0.3) is 0 Å². The molecule has 1 saturated heterocycles. The predicted octanol–water partition coefficient (Wildman–Crippen LogP) is 3.66. The third kappa shape index (κ3) is 2.73. The van der Waals surface area contributed by atoms with Gasteiger partial charge >= 0.3 is 0 Å². The van der Waals surface area contributed by atoms with Crippen LogP contribution in [0.25, 0.3) is 10.9 Å². The number of hydrogen-bond donors (Lipinski definition) is 1. The lowest BCUT2D eigenvalue weighted by atomic mass is 10.0. The maximum atomic E-state index is 9.28.